The van der Waals surface area contributed by atoms with Crippen LogP contribution in [0.2, 0.25) is 0 Å². The zero-order valence-electron chi connectivity index (χ0n) is 7.50. The Bertz CT molecular complexity index is 447. The summed E-state index contributed by atoms with van der Waals surface area (Å²) in [7, 11) is 3.51. The second-order valence-electron chi connectivity index (χ2n) is 2.94. The standard InChI is InChI=1S/C9H10FN3/c1-11-9-3-6-5-13(2)12-8(6)4-7(9)10/h3-5,11H,1-2H3. The fraction of sp³-hybridized carbons (Fsp3) is 0.222. The number of hydrogen-bond acceptors (Lipinski definition) is 2. The lowest BCUT2D eigenvalue weighted by atomic mass is 10.2. The summed E-state index contributed by atoms with van der Waals surface area (Å²) >= 11 is 0. The quantitative estimate of drug-likeness (QED) is 0.722. The summed E-state index contributed by atoms with van der Waals surface area (Å²) in [5.74, 6) is -0.270. The Morgan fingerprint density at radius 3 is 2.92 bits per heavy atom. The third-order valence-corrected chi connectivity index (χ3v) is 1.98. The number of rotatable bonds is 1. The summed E-state index contributed by atoms with van der Waals surface area (Å²) in [6.07, 6.45) is 1.86. The molecular formula is C9H10FN3. The van der Waals surface area contributed by atoms with Gasteiger partial charge < -0.3 is 5.32 Å². The smallest absolute Gasteiger partial charge is 0.148 e. The van der Waals surface area contributed by atoms with Crippen molar-refractivity contribution in [3.63, 3.8) is 0 Å². The maximum atomic E-state index is 13.2. The highest BCUT2D eigenvalue weighted by Crippen LogP contribution is 2.20. The van der Waals surface area contributed by atoms with E-state index in [1.165, 1.54) is 6.07 Å². The van der Waals surface area contributed by atoms with Crippen LogP contribution in [0.3, 0.4) is 0 Å². The predicted octanol–water partition coefficient (Wildman–Crippen LogP) is 1.75. The Morgan fingerprint density at radius 2 is 2.23 bits per heavy atom. The van der Waals surface area contributed by atoms with E-state index in [1.54, 1.807) is 17.8 Å². The number of aryl methyl sites for hydroxylation is 1. The van der Waals surface area contributed by atoms with Gasteiger partial charge in [0.15, 0.2) is 0 Å². The summed E-state index contributed by atoms with van der Waals surface area (Å²) in [5, 5.41) is 7.82. The molecule has 0 aliphatic rings. The van der Waals surface area contributed by atoms with Crippen LogP contribution in [0.25, 0.3) is 10.9 Å². The first-order valence-corrected chi connectivity index (χ1v) is 4.01. The number of fused-ring (bicyclic) bond motifs is 1. The van der Waals surface area contributed by atoms with Crippen LogP contribution in [0.4, 0.5) is 10.1 Å². The van der Waals surface area contributed by atoms with Gasteiger partial charge in [-0.1, -0.05) is 0 Å². The molecule has 4 heteroatoms. The van der Waals surface area contributed by atoms with Crippen molar-refractivity contribution in [2.24, 2.45) is 7.05 Å². The van der Waals surface area contributed by atoms with E-state index in [2.05, 4.69) is 10.4 Å². The van der Waals surface area contributed by atoms with Gasteiger partial charge in [0.1, 0.15) is 5.82 Å². The largest absolute Gasteiger partial charge is 0.386 e. The summed E-state index contributed by atoms with van der Waals surface area (Å²) in [6.45, 7) is 0. The molecule has 1 aromatic heterocycles. The van der Waals surface area contributed by atoms with Crippen LogP contribution in [0, 0.1) is 5.82 Å². The lowest BCUT2D eigenvalue weighted by Gasteiger charge is -2.00. The zero-order valence-corrected chi connectivity index (χ0v) is 7.50. The SMILES string of the molecule is CNc1cc2cn(C)nc2cc1F. The Hall–Kier alpha value is -1.58. The lowest BCUT2D eigenvalue weighted by Crippen LogP contribution is -1.91. The fourth-order valence-corrected chi connectivity index (χ4v) is 1.36. The average molecular weight is 179 g/mol. The van der Waals surface area contributed by atoms with Crippen LogP contribution in [0.15, 0.2) is 18.3 Å². The number of nitrogens with zero attached hydrogens (tertiary/aromatic N) is 2. The molecule has 0 spiro atoms. The number of nitrogens with one attached hydrogen (secondary N) is 1. The molecule has 0 radical (unpaired) electrons. The third kappa shape index (κ3) is 1.24. The van der Waals surface area contributed by atoms with Crippen molar-refractivity contribution in [1.29, 1.82) is 0 Å². The molecule has 2 aromatic rings. The molecule has 0 saturated carbocycles. The van der Waals surface area contributed by atoms with Gasteiger partial charge in [0.05, 0.1) is 11.2 Å². The van der Waals surface area contributed by atoms with Crippen molar-refractivity contribution in [2.45, 2.75) is 0 Å². The van der Waals surface area contributed by atoms with Gasteiger partial charge in [-0.25, -0.2) is 4.39 Å². The highest BCUT2D eigenvalue weighted by Gasteiger charge is 2.05. The van der Waals surface area contributed by atoms with Crippen molar-refractivity contribution in [3.05, 3.63) is 24.1 Å². The first-order chi connectivity index (χ1) is 6.20. The monoisotopic (exact) mass is 179 g/mol. The van der Waals surface area contributed by atoms with E-state index in [1.807, 2.05) is 13.2 Å². The summed E-state index contributed by atoms with van der Waals surface area (Å²) in [4.78, 5) is 0. The van der Waals surface area contributed by atoms with Crippen LogP contribution >= 0.6 is 0 Å². The highest BCUT2D eigenvalue weighted by atomic mass is 19.1. The van der Waals surface area contributed by atoms with E-state index >= 15 is 0 Å². The minimum absolute atomic E-state index is 0.270. The van der Waals surface area contributed by atoms with E-state index in [0.717, 1.165) is 5.39 Å². The zero-order chi connectivity index (χ0) is 9.42. The Balaban J connectivity index is 2.72. The first-order valence-electron chi connectivity index (χ1n) is 4.01. The number of benzene rings is 1. The molecule has 0 unspecified atom stereocenters. The highest BCUT2D eigenvalue weighted by molar-refractivity contribution is 5.82. The van der Waals surface area contributed by atoms with Gasteiger partial charge in [-0.15, -0.1) is 0 Å². The molecule has 1 heterocycles. The molecule has 0 fully saturated rings. The van der Waals surface area contributed by atoms with Gasteiger partial charge >= 0.3 is 0 Å². The van der Waals surface area contributed by atoms with Crippen molar-refractivity contribution < 1.29 is 4.39 Å². The molecule has 2 rings (SSSR count). The van der Waals surface area contributed by atoms with Gasteiger partial charge in [0, 0.05) is 31.7 Å². The van der Waals surface area contributed by atoms with Gasteiger partial charge in [-0.05, 0) is 6.07 Å². The first kappa shape index (κ1) is 8.04. The van der Waals surface area contributed by atoms with E-state index in [-0.39, 0.29) is 5.82 Å². The molecule has 0 amide bonds. The number of halogens is 1. The second-order valence-corrected chi connectivity index (χ2v) is 2.94. The molecule has 1 aromatic carbocycles. The fourth-order valence-electron chi connectivity index (χ4n) is 1.36. The van der Waals surface area contributed by atoms with E-state index in [4.69, 9.17) is 0 Å². The van der Waals surface area contributed by atoms with E-state index < -0.39 is 0 Å². The molecule has 0 aliphatic carbocycles. The van der Waals surface area contributed by atoms with Crippen LogP contribution < -0.4 is 5.32 Å². The van der Waals surface area contributed by atoms with Gasteiger partial charge in [-0.2, -0.15) is 5.10 Å². The van der Waals surface area contributed by atoms with Crippen LogP contribution in [-0.4, -0.2) is 16.8 Å². The molecule has 1 N–H and O–H groups in total. The van der Waals surface area contributed by atoms with Crippen LogP contribution in [0.1, 0.15) is 0 Å². The normalized spacial score (nSPS) is 10.7. The Kier molecular flexibility index (Phi) is 1.69. The maximum absolute atomic E-state index is 13.2. The predicted molar refractivity (Wildman–Crippen MR) is 50.2 cm³/mol. The third-order valence-electron chi connectivity index (χ3n) is 1.98. The van der Waals surface area contributed by atoms with E-state index in [0.29, 0.717) is 11.2 Å². The minimum Gasteiger partial charge on any atom is -0.386 e. The number of aromatic nitrogens is 2. The van der Waals surface area contributed by atoms with Gasteiger partial charge in [0.25, 0.3) is 0 Å². The molecule has 13 heavy (non-hydrogen) atoms. The number of anilines is 1. The van der Waals surface area contributed by atoms with Crippen LogP contribution in [0.5, 0.6) is 0 Å². The lowest BCUT2D eigenvalue weighted by molar-refractivity contribution is 0.632. The molecule has 0 bridgehead atoms. The summed E-state index contributed by atoms with van der Waals surface area (Å²) < 4.78 is 14.9. The maximum Gasteiger partial charge on any atom is 0.148 e. The molecule has 68 valence electrons. The molecular weight excluding hydrogens is 169 g/mol. The number of hydrogen-bond donors (Lipinski definition) is 1. The molecule has 0 saturated heterocycles. The van der Waals surface area contributed by atoms with E-state index in [9.17, 15) is 4.39 Å². The topological polar surface area (TPSA) is 29.9 Å². The summed E-state index contributed by atoms with van der Waals surface area (Å²) in [5.41, 5.74) is 1.18. The average Bonchev–Trinajstić information content (AvgIpc) is 2.42. The van der Waals surface area contributed by atoms with Crippen molar-refractivity contribution in [2.75, 3.05) is 12.4 Å². The van der Waals surface area contributed by atoms with Gasteiger partial charge in [-0.3, -0.25) is 4.68 Å². The molecule has 3 nitrogen and oxygen atoms in total. The van der Waals surface area contributed by atoms with Crippen molar-refractivity contribution in [3.8, 4) is 0 Å². The summed E-state index contributed by atoms with van der Waals surface area (Å²) in [6, 6.07) is 3.18. The second kappa shape index (κ2) is 2.73. The molecule has 0 atom stereocenters. The van der Waals surface area contributed by atoms with Gasteiger partial charge in [0.2, 0.25) is 0 Å². The van der Waals surface area contributed by atoms with Crippen molar-refractivity contribution >= 4 is 16.6 Å². The molecule has 0 aliphatic heterocycles. The minimum atomic E-state index is -0.270. The van der Waals surface area contributed by atoms with Crippen molar-refractivity contribution in [1.82, 2.24) is 9.78 Å². The Morgan fingerprint density at radius 1 is 1.46 bits per heavy atom. The Labute approximate surface area is 75.2 Å². The van der Waals surface area contributed by atoms with Crippen LogP contribution in [-0.2, 0) is 7.05 Å².